The van der Waals surface area contributed by atoms with Crippen LogP contribution in [0.1, 0.15) is 81.6 Å². The maximum absolute atomic E-state index is 13.0. The summed E-state index contributed by atoms with van der Waals surface area (Å²) < 4.78 is 23.5. The summed E-state index contributed by atoms with van der Waals surface area (Å²) in [6.45, 7) is 9.00. The van der Waals surface area contributed by atoms with E-state index in [2.05, 4.69) is 15.5 Å². The zero-order valence-corrected chi connectivity index (χ0v) is 26.0. The van der Waals surface area contributed by atoms with Gasteiger partial charge < -0.3 is 34.7 Å². The molecule has 2 fully saturated rings. The molecule has 44 heavy (non-hydrogen) atoms. The fraction of sp³-hybridized carbons (Fsp3) is 0.545. The summed E-state index contributed by atoms with van der Waals surface area (Å²) in [4.78, 5) is 38.6. The molecule has 0 aliphatic carbocycles. The van der Waals surface area contributed by atoms with Crippen molar-refractivity contribution in [1.29, 1.82) is 0 Å². The van der Waals surface area contributed by atoms with Crippen LogP contribution < -0.4 is 10.6 Å². The van der Waals surface area contributed by atoms with Crippen molar-refractivity contribution in [2.75, 3.05) is 26.2 Å². The SMILES string of the molecule is CCOC(=O)CNC(=O)NCc1ccc(C2OC(CN3CCCC3C(=O)OC(C)(C)C)CC(c3ccc(CO)cc3)O2)cc1. The van der Waals surface area contributed by atoms with Crippen LogP contribution in [0.25, 0.3) is 0 Å². The van der Waals surface area contributed by atoms with Gasteiger partial charge in [0.1, 0.15) is 18.2 Å². The molecule has 2 aliphatic heterocycles. The van der Waals surface area contributed by atoms with Crippen LogP contribution in [0, 0.1) is 0 Å². The van der Waals surface area contributed by atoms with Crippen LogP contribution in [0.3, 0.4) is 0 Å². The highest BCUT2D eigenvalue weighted by molar-refractivity contribution is 5.80. The van der Waals surface area contributed by atoms with Gasteiger partial charge in [-0.05, 0) is 63.8 Å². The number of nitrogens with one attached hydrogen (secondary N) is 2. The zero-order chi connectivity index (χ0) is 31.7. The van der Waals surface area contributed by atoms with Gasteiger partial charge in [0.25, 0.3) is 0 Å². The van der Waals surface area contributed by atoms with Gasteiger partial charge in [-0.25, -0.2) is 4.79 Å². The number of carbonyl (C=O) groups excluding carboxylic acids is 3. The molecule has 4 rings (SSSR count). The van der Waals surface area contributed by atoms with E-state index in [0.717, 1.165) is 41.6 Å². The molecule has 3 N–H and O–H groups in total. The number of likely N-dealkylation sites (tertiary alicyclic amines) is 1. The van der Waals surface area contributed by atoms with E-state index in [4.69, 9.17) is 18.9 Å². The third-order valence-corrected chi connectivity index (χ3v) is 7.50. The fourth-order valence-corrected chi connectivity index (χ4v) is 5.38. The number of rotatable bonds is 11. The first kappa shape index (κ1) is 33.4. The summed E-state index contributed by atoms with van der Waals surface area (Å²) in [5.41, 5.74) is 2.95. The van der Waals surface area contributed by atoms with Gasteiger partial charge in [0.2, 0.25) is 0 Å². The highest BCUT2D eigenvalue weighted by Crippen LogP contribution is 2.39. The smallest absolute Gasteiger partial charge is 0.325 e. The van der Waals surface area contributed by atoms with Gasteiger partial charge in [0, 0.05) is 25.1 Å². The number of amides is 2. The van der Waals surface area contributed by atoms with Crippen LogP contribution in [-0.2, 0) is 41.7 Å². The molecule has 4 unspecified atom stereocenters. The van der Waals surface area contributed by atoms with Crippen molar-refractivity contribution in [3.05, 3.63) is 70.8 Å². The quantitative estimate of drug-likeness (QED) is 0.324. The predicted molar refractivity (Wildman–Crippen MR) is 162 cm³/mol. The van der Waals surface area contributed by atoms with Crippen LogP contribution in [0.2, 0.25) is 0 Å². The molecular weight excluding hydrogens is 566 g/mol. The average molecular weight is 612 g/mol. The van der Waals surface area contributed by atoms with Crippen molar-refractivity contribution in [2.24, 2.45) is 0 Å². The largest absolute Gasteiger partial charge is 0.465 e. The minimum absolute atomic E-state index is 0.0323. The maximum Gasteiger partial charge on any atom is 0.325 e. The van der Waals surface area contributed by atoms with Crippen LogP contribution in [-0.4, -0.2) is 72.0 Å². The fourth-order valence-electron chi connectivity index (χ4n) is 5.38. The van der Waals surface area contributed by atoms with E-state index in [1.54, 1.807) is 6.92 Å². The van der Waals surface area contributed by atoms with E-state index in [1.165, 1.54) is 0 Å². The third kappa shape index (κ3) is 9.75. The second kappa shape index (κ2) is 15.5. The second-order valence-electron chi connectivity index (χ2n) is 12.1. The normalized spacial score (nSPS) is 22.3. The molecule has 2 aromatic rings. The van der Waals surface area contributed by atoms with Crippen molar-refractivity contribution >= 4 is 18.0 Å². The van der Waals surface area contributed by atoms with E-state index in [1.807, 2.05) is 69.3 Å². The van der Waals surface area contributed by atoms with Crippen LogP contribution in [0.4, 0.5) is 4.79 Å². The van der Waals surface area contributed by atoms with Crippen molar-refractivity contribution in [2.45, 2.75) is 90.2 Å². The lowest BCUT2D eigenvalue weighted by molar-refractivity contribution is -0.253. The van der Waals surface area contributed by atoms with Gasteiger partial charge in [-0.3, -0.25) is 14.5 Å². The topological polar surface area (TPSA) is 136 Å². The summed E-state index contributed by atoms with van der Waals surface area (Å²) in [5.74, 6) is -0.695. The van der Waals surface area contributed by atoms with Gasteiger partial charge in [-0.2, -0.15) is 0 Å². The second-order valence-corrected chi connectivity index (χ2v) is 12.1. The molecule has 0 saturated carbocycles. The molecule has 2 aromatic carbocycles. The Labute approximate surface area is 259 Å². The van der Waals surface area contributed by atoms with Gasteiger partial charge in [-0.1, -0.05) is 48.5 Å². The van der Waals surface area contributed by atoms with Crippen LogP contribution >= 0.6 is 0 Å². The Morgan fingerprint density at radius 3 is 2.32 bits per heavy atom. The first-order valence-electron chi connectivity index (χ1n) is 15.3. The number of aliphatic hydroxyl groups excluding tert-OH is 1. The summed E-state index contributed by atoms with van der Waals surface area (Å²) in [5, 5.41) is 14.7. The van der Waals surface area contributed by atoms with Crippen LogP contribution in [0.15, 0.2) is 48.5 Å². The van der Waals surface area contributed by atoms with E-state index in [-0.39, 0.29) is 50.5 Å². The zero-order valence-electron chi connectivity index (χ0n) is 26.0. The molecule has 0 bridgehead atoms. The van der Waals surface area contributed by atoms with Crippen molar-refractivity contribution in [3.63, 3.8) is 0 Å². The highest BCUT2D eigenvalue weighted by atomic mass is 16.7. The number of hydrogen-bond acceptors (Lipinski definition) is 9. The summed E-state index contributed by atoms with van der Waals surface area (Å²) >= 11 is 0. The van der Waals surface area contributed by atoms with E-state index in [0.29, 0.717) is 13.0 Å². The Morgan fingerprint density at radius 1 is 0.977 bits per heavy atom. The molecule has 4 atom stereocenters. The monoisotopic (exact) mass is 611 g/mol. The minimum atomic E-state index is -0.645. The van der Waals surface area contributed by atoms with E-state index in [9.17, 15) is 19.5 Å². The number of nitrogens with zero attached hydrogens (tertiary/aromatic N) is 1. The molecule has 0 aromatic heterocycles. The number of esters is 2. The Hall–Kier alpha value is -3.51. The first-order chi connectivity index (χ1) is 21.0. The number of carbonyl (C=O) groups is 3. The van der Waals surface area contributed by atoms with Gasteiger partial charge in [-0.15, -0.1) is 0 Å². The molecule has 0 radical (unpaired) electrons. The van der Waals surface area contributed by atoms with Crippen molar-refractivity contribution in [1.82, 2.24) is 15.5 Å². The summed E-state index contributed by atoms with van der Waals surface area (Å²) in [7, 11) is 0. The Balaban J connectivity index is 1.43. The number of aliphatic hydroxyl groups is 1. The molecular formula is C33H45N3O8. The molecule has 2 amide bonds. The van der Waals surface area contributed by atoms with Crippen molar-refractivity contribution in [3.8, 4) is 0 Å². The van der Waals surface area contributed by atoms with Gasteiger partial charge >= 0.3 is 18.0 Å². The summed E-state index contributed by atoms with van der Waals surface area (Å²) in [6.07, 6.45) is 1.18. The number of benzene rings is 2. The minimum Gasteiger partial charge on any atom is -0.465 e. The van der Waals surface area contributed by atoms with E-state index >= 15 is 0 Å². The van der Waals surface area contributed by atoms with Gasteiger partial charge in [0.05, 0.1) is 25.4 Å². The maximum atomic E-state index is 13.0. The number of ether oxygens (including phenoxy) is 4. The van der Waals surface area contributed by atoms with Crippen LogP contribution in [0.5, 0.6) is 0 Å². The average Bonchev–Trinajstić information content (AvgIpc) is 3.47. The highest BCUT2D eigenvalue weighted by Gasteiger charge is 2.38. The Bertz CT molecular complexity index is 1250. The lowest BCUT2D eigenvalue weighted by Crippen LogP contribution is -2.45. The Kier molecular flexibility index (Phi) is 11.7. The number of urea groups is 1. The molecule has 2 saturated heterocycles. The molecule has 11 heteroatoms. The lowest BCUT2D eigenvalue weighted by Gasteiger charge is -2.38. The Morgan fingerprint density at radius 2 is 1.66 bits per heavy atom. The van der Waals surface area contributed by atoms with Gasteiger partial charge in [0.15, 0.2) is 6.29 Å². The first-order valence-corrected chi connectivity index (χ1v) is 15.3. The molecule has 0 spiro atoms. The molecule has 2 aliphatic rings. The predicted octanol–water partition coefficient (Wildman–Crippen LogP) is 3.89. The molecule has 11 nitrogen and oxygen atoms in total. The molecule has 2 heterocycles. The lowest BCUT2D eigenvalue weighted by atomic mass is 9.99. The van der Waals surface area contributed by atoms with Crippen molar-refractivity contribution < 1.29 is 38.4 Å². The summed E-state index contributed by atoms with van der Waals surface area (Å²) in [6, 6.07) is 14.5. The van der Waals surface area contributed by atoms with E-state index < -0.39 is 23.9 Å². The third-order valence-electron chi connectivity index (χ3n) is 7.50. The molecule has 240 valence electrons. The standard InChI is InChI=1S/C33H45N3O8/c1-5-41-29(38)19-35-32(40)34-18-22-8-14-25(15-9-22)31-42-26(17-28(43-31)24-12-10-23(21-37)11-13-24)20-36-16-6-7-27(36)30(39)44-33(2,3)4/h8-15,26-28,31,37H,5-7,16-21H2,1-4H3,(H2,34,35,40). The number of hydrogen-bond donors (Lipinski definition) is 3.